The lowest BCUT2D eigenvalue weighted by atomic mass is 10.1. The third kappa shape index (κ3) is 6.60. The van der Waals surface area contributed by atoms with Crippen LogP contribution in [0.3, 0.4) is 0 Å². The summed E-state index contributed by atoms with van der Waals surface area (Å²) in [5.41, 5.74) is 0.883. The molecule has 0 radical (unpaired) electrons. The molecule has 1 saturated heterocycles. The van der Waals surface area contributed by atoms with Crippen molar-refractivity contribution in [1.82, 2.24) is 20.1 Å². The maximum absolute atomic E-state index is 13.3. The molecule has 1 aliphatic heterocycles. The number of hydrogen-bond acceptors (Lipinski definition) is 4. The molecule has 1 saturated carbocycles. The molecular formula is C28H38N4O3. The zero-order chi connectivity index (χ0) is 24.8. The van der Waals surface area contributed by atoms with E-state index >= 15 is 0 Å². The van der Waals surface area contributed by atoms with Gasteiger partial charge in [0, 0.05) is 50.7 Å². The van der Waals surface area contributed by atoms with E-state index in [0.29, 0.717) is 12.5 Å². The highest BCUT2D eigenvalue weighted by Gasteiger charge is 2.27. The van der Waals surface area contributed by atoms with Gasteiger partial charge in [-0.3, -0.25) is 19.3 Å². The number of amides is 2. The van der Waals surface area contributed by atoms with Crippen LogP contribution < -0.4 is 16.1 Å². The average molecular weight is 479 g/mol. The fourth-order valence-corrected chi connectivity index (χ4v) is 5.10. The minimum atomic E-state index is -0.488. The second-order valence-electron chi connectivity index (χ2n) is 10.4. The van der Waals surface area contributed by atoms with Gasteiger partial charge in [-0.1, -0.05) is 57.0 Å². The van der Waals surface area contributed by atoms with Gasteiger partial charge in [0.1, 0.15) is 11.1 Å². The predicted molar refractivity (Wildman–Crippen MR) is 138 cm³/mol. The molecule has 7 heteroatoms. The smallest absolute Gasteiger partial charge is 0.257 e. The van der Waals surface area contributed by atoms with Crippen molar-refractivity contribution in [2.75, 3.05) is 19.6 Å². The van der Waals surface area contributed by atoms with Gasteiger partial charge in [-0.25, -0.2) is 0 Å². The van der Waals surface area contributed by atoms with E-state index in [9.17, 15) is 14.4 Å². The highest BCUT2D eigenvalue weighted by Crippen LogP contribution is 2.29. The first-order valence-corrected chi connectivity index (χ1v) is 13.0. The second-order valence-corrected chi connectivity index (χ2v) is 10.4. The Morgan fingerprint density at radius 2 is 1.69 bits per heavy atom. The molecule has 2 N–H and O–H groups in total. The quantitative estimate of drug-likeness (QED) is 0.575. The largest absolute Gasteiger partial charge is 0.352 e. The van der Waals surface area contributed by atoms with Crippen LogP contribution in [0.15, 0.2) is 47.5 Å². The maximum atomic E-state index is 13.3. The van der Waals surface area contributed by atoms with Crippen LogP contribution in [0.25, 0.3) is 0 Å². The van der Waals surface area contributed by atoms with Crippen molar-refractivity contribution in [3.63, 3.8) is 0 Å². The van der Waals surface area contributed by atoms with Gasteiger partial charge in [0.25, 0.3) is 11.8 Å². The van der Waals surface area contributed by atoms with E-state index in [0.717, 1.165) is 58.2 Å². The maximum Gasteiger partial charge on any atom is 0.257 e. The summed E-state index contributed by atoms with van der Waals surface area (Å²) < 4.78 is 1.93. The number of nitrogens with zero attached hydrogens (tertiary/aromatic N) is 2. The van der Waals surface area contributed by atoms with Crippen molar-refractivity contribution in [2.45, 2.75) is 71.0 Å². The van der Waals surface area contributed by atoms with Crippen LogP contribution in [-0.4, -0.2) is 47.0 Å². The van der Waals surface area contributed by atoms with Crippen molar-refractivity contribution in [2.24, 2.45) is 5.92 Å². The molecule has 1 aromatic heterocycles. The third-order valence-electron chi connectivity index (χ3n) is 7.15. The van der Waals surface area contributed by atoms with Gasteiger partial charge < -0.3 is 15.2 Å². The Bertz CT molecular complexity index is 1070. The van der Waals surface area contributed by atoms with E-state index in [1.807, 2.05) is 22.8 Å². The monoisotopic (exact) mass is 478 g/mol. The SMILES string of the molecule is CC(C)CCNC(=O)c1cn(C2CCCC2)cc(C(=O)N[C@H]2CCN(Cc3ccccc3)C2)c1=O. The number of hydrogen-bond donors (Lipinski definition) is 2. The molecule has 4 rings (SSSR count). The van der Waals surface area contributed by atoms with Crippen LogP contribution in [0.2, 0.25) is 0 Å². The van der Waals surface area contributed by atoms with Gasteiger partial charge in [-0.05, 0) is 37.2 Å². The molecule has 0 spiro atoms. The summed E-state index contributed by atoms with van der Waals surface area (Å²) in [5, 5.41) is 5.93. The Morgan fingerprint density at radius 3 is 2.37 bits per heavy atom. The van der Waals surface area contributed by atoms with Gasteiger partial charge in [-0.15, -0.1) is 0 Å². The number of likely N-dealkylation sites (tertiary alicyclic amines) is 1. The van der Waals surface area contributed by atoms with Crippen molar-refractivity contribution in [3.8, 4) is 0 Å². The highest BCUT2D eigenvalue weighted by molar-refractivity contribution is 5.99. The summed E-state index contributed by atoms with van der Waals surface area (Å²) in [6.07, 6.45) is 9.22. The van der Waals surface area contributed by atoms with Crippen LogP contribution in [-0.2, 0) is 6.54 Å². The Hall–Kier alpha value is -2.93. The minimum Gasteiger partial charge on any atom is -0.352 e. The molecular weight excluding hydrogens is 440 g/mol. The molecule has 1 aromatic carbocycles. The van der Waals surface area contributed by atoms with E-state index in [1.165, 1.54) is 5.56 Å². The predicted octanol–water partition coefficient (Wildman–Crippen LogP) is 3.74. The number of nitrogens with one attached hydrogen (secondary N) is 2. The Morgan fingerprint density at radius 1 is 1.00 bits per heavy atom. The summed E-state index contributed by atoms with van der Waals surface area (Å²) in [4.78, 5) is 41.7. The van der Waals surface area contributed by atoms with E-state index in [-0.39, 0.29) is 29.1 Å². The second kappa shape index (κ2) is 11.7. The zero-order valence-electron chi connectivity index (χ0n) is 21.0. The van der Waals surface area contributed by atoms with Crippen molar-refractivity contribution in [3.05, 3.63) is 69.6 Å². The number of aromatic nitrogens is 1. The first kappa shape index (κ1) is 25.2. The van der Waals surface area contributed by atoms with Gasteiger partial charge in [-0.2, -0.15) is 0 Å². The van der Waals surface area contributed by atoms with Crippen molar-refractivity contribution >= 4 is 11.8 Å². The third-order valence-corrected chi connectivity index (χ3v) is 7.15. The summed E-state index contributed by atoms with van der Waals surface area (Å²) in [7, 11) is 0. The molecule has 0 unspecified atom stereocenters. The van der Waals surface area contributed by atoms with Crippen LogP contribution in [0, 0.1) is 5.92 Å². The summed E-state index contributed by atoms with van der Waals surface area (Å²) >= 11 is 0. The first-order valence-electron chi connectivity index (χ1n) is 13.0. The fraction of sp³-hybridized carbons (Fsp3) is 0.536. The molecule has 2 heterocycles. The molecule has 2 amide bonds. The average Bonchev–Trinajstić information content (AvgIpc) is 3.52. The summed E-state index contributed by atoms with van der Waals surface area (Å²) in [5.74, 6) is -0.326. The van der Waals surface area contributed by atoms with Crippen molar-refractivity contribution in [1.29, 1.82) is 0 Å². The molecule has 1 aliphatic carbocycles. The summed E-state index contributed by atoms with van der Waals surface area (Å²) in [6, 6.07) is 10.5. The molecule has 7 nitrogen and oxygen atoms in total. The lowest BCUT2D eigenvalue weighted by Crippen LogP contribution is -2.41. The van der Waals surface area contributed by atoms with Crippen molar-refractivity contribution < 1.29 is 9.59 Å². The Kier molecular flexibility index (Phi) is 8.39. The number of benzene rings is 1. The van der Waals surface area contributed by atoms with Gasteiger partial charge in [0.05, 0.1) is 0 Å². The highest BCUT2D eigenvalue weighted by atomic mass is 16.2. The fourth-order valence-electron chi connectivity index (χ4n) is 5.10. The molecule has 188 valence electrons. The lowest BCUT2D eigenvalue weighted by molar-refractivity contribution is 0.0935. The topological polar surface area (TPSA) is 83.4 Å². The van der Waals surface area contributed by atoms with Gasteiger partial charge in [0.15, 0.2) is 0 Å². The van der Waals surface area contributed by atoms with Crippen LogP contribution >= 0.6 is 0 Å². The molecule has 2 fully saturated rings. The zero-order valence-corrected chi connectivity index (χ0v) is 21.0. The van der Waals surface area contributed by atoms with E-state index < -0.39 is 11.3 Å². The number of rotatable bonds is 9. The minimum absolute atomic E-state index is 0.0194. The standard InChI is InChI=1S/C28H38N4O3/c1-20(2)12-14-29-27(34)24-18-32(23-10-6-7-11-23)19-25(26(24)33)28(35)30-22-13-15-31(17-22)16-21-8-4-3-5-9-21/h3-5,8-9,18-20,22-23H,6-7,10-17H2,1-2H3,(H,29,34)(H,30,35)/t22-/m0/s1. The lowest BCUT2D eigenvalue weighted by Gasteiger charge is -2.19. The van der Waals surface area contributed by atoms with E-state index in [2.05, 4.69) is 41.5 Å². The normalized spacial score (nSPS) is 18.8. The molecule has 1 atom stereocenters. The van der Waals surface area contributed by atoms with E-state index in [1.54, 1.807) is 12.4 Å². The summed E-state index contributed by atoms with van der Waals surface area (Å²) in [6.45, 7) is 7.17. The van der Waals surface area contributed by atoms with Crippen LogP contribution in [0.1, 0.15) is 84.7 Å². The molecule has 2 aliphatic rings. The van der Waals surface area contributed by atoms with Gasteiger partial charge >= 0.3 is 0 Å². The molecule has 35 heavy (non-hydrogen) atoms. The number of pyridine rings is 1. The van der Waals surface area contributed by atoms with E-state index in [4.69, 9.17) is 0 Å². The molecule has 0 bridgehead atoms. The molecule has 2 aromatic rings. The van der Waals surface area contributed by atoms with Crippen LogP contribution in [0.4, 0.5) is 0 Å². The Labute approximate surface area is 207 Å². The Balaban J connectivity index is 1.48. The first-order chi connectivity index (χ1) is 16.9. The number of carbonyl (C=O) groups excluding carboxylic acids is 2. The van der Waals surface area contributed by atoms with Gasteiger partial charge in [0.2, 0.25) is 5.43 Å². The number of carbonyl (C=O) groups is 2. The van der Waals surface area contributed by atoms with Crippen LogP contribution in [0.5, 0.6) is 0 Å².